The highest BCUT2D eigenvalue weighted by Gasteiger charge is 2.15. The highest BCUT2D eigenvalue weighted by molar-refractivity contribution is 5.86. The molecule has 0 fully saturated rings. The summed E-state index contributed by atoms with van der Waals surface area (Å²) in [5, 5.41) is 8.19. The van der Waals surface area contributed by atoms with Gasteiger partial charge in [-0.15, -0.1) is 0 Å². The third-order valence-electron chi connectivity index (χ3n) is 2.51. The molecule has 2 aromatic heterocycles. The first kappa shape index (κ1) is 13.0. The zero-order chi connectivity index (χ0) is 14.0. The zero-order valence-electron chi connectivity index (χ0n) is 11.0. The Labute approximate surface area is 109 Å². The van der Waals surface area contributed by atoms with Gasteiger partial charge in [-0.05, 0) is 13.8 Å². The first-order chi connectivity index (χ1) is 9.02. The van der Waals surface area contributed by atoms with Gasteiger partial charge in [0.25, 0.3) is 0 Å². The molecule has 0 radical (unpaired) electrons. The van der Waals surface area contributed by atoms with Crippen LogP contribution in [0.4, 0.5) is 0 Å². The van der Waals surface area contributed by atoms with Crippen LogP contribution in [0.5, 0.6) is 0 Å². The van der Waals surface area contributed by atoms with E-state index in [1.807, 2.05) is 6.92 Å². The lowest BCUT2D eigenvalue weighted by Crippen LogP contribution is -2.22. The molecule has 7 heteroatoms. The SMILES string of the molecule is CCOC(=O)c1nn(-c2cn(C)nc2C)ccc1=O. The fraction of sp³-hybridized carbons (Fsp3) is 0.333. The predicted octanol–water partition coefficient (Wildman–Crippen LogP) is 0.451. The lowest BCUT2D eigenvalue weighted by Gasteiger charge is -2.05. The fourth-order valence-corrected chi connectivity index (χ4v) is 1.69. The van der Waals surface area contributed by atoms with Crippen LogP contribution in [0.2, 0.25) is 0 Å². The molecule has 0 aliphatic heterocycles. The van der Waals surface area contributed by atoms with Crippen LogP contribution in [-0.2, 0) is 11.8 Å². The summed E-state index contributed by atoms with van der Waals surface area (Å²) in [6, 6.07) is 1.28. The zero-order valence-corrected chi connectivity index (χ0v) is 11.0. The van der Waals surface area contributed by atoms with E-state index in [4.69, 9.17) is 4.74 Å². The largest absolute Gasteiger partial charge is 0.461 e. The van der Waals surface area contributed by atoms with Gasteiger partial charge in [0.2, 0.25) is 11.1 Å². The average molecular weight is 262 g/mol. The summed E-state index contributed by atoms with van der Waals surface area (Å²) >= 11 is 0. The normalized spacial score (nSPS) is 10.5. The Kier molecular flexibility index (Phi) is 3.46. The second-order valence-electron chi connectivity index (χ2n) is 3.97. The third kappa shape index (κ3) is 2.54. The van der Waals surface area contributed by atoms with Gasteiger partial charge in [-0.1, -0.05) is 0 Å². The number of carbonyl (C=O) groups excluding carboxylic acids is 1. The molecule has 0 N–H and O–H groups in total. The number of hydrogen-bond acceptors (Lipinski definition) is 5. The number of aromatic nitrogens is 4. The number of esters is 1. The first-order valence-corrected chi connectivity index (χ1v) is 5.80. The Balaban J connectivity index is 2.50. The summed E-state index contributed by atoms with van der Waals surface area (Å²) in [5.41, 5.74) is 0.755. The van der Waals surface area contributed by atoms with Crippen LogP contribution in [0.3, 0.4) is 0 Å². The van der Waals surface area contributed by atoms with Crippen LogP contribution in [0.15, 0.2) is 23.3 Å². The molecule has 2 aromatic rings. The topological polar surface area (TPSA) is 79.0 Å². The quantitative estimate of drug-likeness (QED) is 0.750. The van der Waals surface area contributed by atoms with Gasteiger partial charge in [0.1, 0.15) is 5.69 Å². The van der Waals surface area contributed by atoms with Crippen molar-refractivity contribution >= 4 is 5.97 Å². The maximum absolute atomic E-state index is 11.6. The van der Waals surface area contributed by atoms with Crippen LogP contribution < -0.4 is 5.43 Å². The van der Waals surface area contributed by atoms with Crippen LogP contribution >= 0.6 is 0 Å². The highest BCUT2D eigenvalue weighted by Crippen LogP contribution is 2.09. The van der Waals surface area contributed by atoms with E-state index in [0.717, 1.165) is 5.69 Å². The summed E-state index contributed by atoms with van der Waals surface area (Å²) < 4.78 is 7.87. The van der Waals surface area contributed by atoms with Gasteiger partial charge in [-0.3, -0.25) is 9.48 Å². The third-order valence-corrected chi connectivity index (χ3v) is 2.51. The van der Waals surface area contributed by atoms with E-state index >= 15 is 0 Å². The molecule has 0 amide bonds. The summed E-state index contributed by atoms with van der Waals surface area (Å²) in [5.74, 6) is -0.719. The van der Waals surface area contributed by atoms with Crippen molar-refractivity contribution in [3.63, 3.8) is 0 Å². The molecule has 2 heterocycles. The molecule has 0 saturated carbocycles. The number of ether oxygens (including phenoxy) is 1. The van der Waals surface area contributed by atoms with Crippen molar-refractivity contribution in [1.82, 2.24) is 19.6 Å². The van der Waals surface area contributed by atoms with E-state index in [1.165, 1.54) is 16.9 Å². The fourth-order valence-electron chi connectivity index (χ4n) is 1.69. The molecular formula is C12H14N4O3. The minimum absolute atomic E-state index is 0.195. The van der Waals surface area contributed by atoms with Crippen molar-refractivity contribution in [2.45, 2.75) is 13.8 Å². The van der Waals surface area contributed by atoms with E-state index in [0.29, 0.717) is 5.69 Å². The Morgan fingerprint density at radius 1 is 1.42 bits per heavy atom. The maximum Gasteiger partial charge on any atom is 0.362 e. The molecule has 2 rings (SSSR count). The van der Waals surface area contributed by atoms with Crippen LogP contribution in [0.25, 0.3) is 5.69 Å². The average Bonchev–Trinajstić information content (AvgIpc) is 2.69. The molecule has 0 aromatic carbocycles. The number of carbonyl (C=O) groups is 1. The standard InChI is InChI=1S/C12H14N4O3/c1-4-19-12(18)11-10(17)5-6-16(14-11)9-7-15(3)13-8(9)2/h5-7H,4H2,1-3H3. The second-order valence-corrected chi connectivity index (χ2v) is 3.97. The number of aryl methyl sites for hydroxylation is 2. The Bertz CT molecular complexity index is 672. The van der Waals surface area contributed by atoms with E-state index in [-0.39, 0.29) is 12.3 Å². The smallest absolute Gasteiger partial charge is 0.362 e. The van der Waals surface area contributed by atoms with Gasteiger partial charge in [0.15, 0.2) is 0 Å². The van der Waals surface area contributed by atoms with Crippen molar-refractivity contribution in [2.24, 2.45) is 7.05 Å². The molecular weight excluding hydrogens is 248 g/mol. The van der Waals surface area contributed by atoms with Gasteiger partial charge in [-0.2, -0.15) is 10.2 Å². The number of rotatable bonds is 3. The summed E-state index contributed by atoms with van der Waals surface area (Å²) in [6.45, 7) is 3.69. The lowest BCUT2D eigenvalue weighted by atomic mass is 10.3. The van der Waals surface area contributed by atoms with Crippen molar-refractivity contribution in [3.05, 3.63) is 40.1 Å². The Morgan fingerprint density at radius 3 is 2.74 bits per heavy atom. The summed E-state index contributed by atoms with van der Waals surface area (Å²) in [7, 11) is 1.78. The molecule has 0 saturated heterocycles. The minimum Gasteiger partial charge on any atom is -0.461 e. The van der Waals surface area contributed by atoms with E-state index in [1.54, 1.807) is 24.9 Å². The monoisotopic (exact) mass is 262 g/mol. The predicted molar refractivity (Wildman–Crippen MR) is 67.3 cm³/mol. The summed E-state index contributed by atoms with van der Waals surface area (Å²) in [4.78, 5) is 23.2. The molecule has 7 nitrogen and oxygen atoms in total. The van der Waals surface area contributed by atoms with E-state index in [9.17, 15) is 9.59 Å². The maximum atomic E-state index is 11.6. The Morgan fingerprint density at radius 2 is 2.16 bits per heavy atom. The highest BCUT2D eigenvalue weighted by atomic mass is 16.5. The molecule has 0 aliphatic rings. The minimum atomic E-state index is -0.719. The van der Waals surface area contributed by atoms with E-state index < -0.39 is 11.4 Å². The van der Waals surface area contributed by atoms with Crippen LogP contribution in [-0.4, -0.2) is 32.1 Å². The van der Waals surface area contributed by atoms with Crippen molar-refractivity contribution < 1.29 is 9.53 Å². The van der Waals surface area contributed by atoms with Gasteiger partial charge >= 0.3 is 5.97 Å². The first-order valence-electron chi connectivity index (χ1n) is 5.80. The molecule has 0 atom stereocenters. The van der Waals surface area contributed by atoms with Gasteiger partial charge in [0, 0.05) is 19.3 Å². The van der Waals surface area contributed by atoms with Crippen LogP contribution in [0.1, 0.15) is 23.1 Å². The van der Waals surface area contributed by atoms with Gasteiger partial charge in [0.05, 0.1) is 18.5 Å². The van der Waals surface area contributed by atoms with Crippen molar-refractivity contribution in [2.75, 3.05) is 6.61 Å². The van der Waals surface area contributed by atoms with Gasteiger partial charge < -0.3 is 4.74 Å². The lowest BCUT2D eigenvalue weighted by molar-refractivity contribution is 0.0515. The van der Waals surface area contributed by atoms with Crippen molar-refractivity contribution in [1.29, 1.82) is 0 Å². The summed E-state index contributed by atoms with van der Waals surface area (Å²) in [6.07, 6.45) is 3.25. The van der Waals surface area contributed by atoms with Gasteiger partial charge in [-0.25, -0.2) is 9.48 Å². The Hall–Kier alpha value is -2.44. The van der Waals surface area contributed by atoms with Crippen molar-refractivity contribution in [3.8, 4) is 5.69 Å². The van der Waals surface area contributed by atoms with E-state index in [2.05, 4.69) is 10.2 Å². The molecule has 100 valence electrons. The molecule has 0 spiro atoms. The molecule has 0 bridgehead atoms. The molecule has 19 heavy (non-hydrogen) atoms. The molecule has 0 unspecified atom stereocenters. The van der Waals surface area contributed by atoms with Crippen LogP contribution in [0, 0.1) is 6.92 Å². The number of hydrogen-bond donors (Lipinski definition) is 0. The number of nitrogens with zero attached hydrogens (tertiary/aromatic N) is 4. The second kappa shape index (κ2) is 5.05. The molecule has 0 aliphatic carbocycles.